The molecule has 7 nitrogen and oxygen atoms in total. The minimum Gasteiger partial charge on any atom is -0.492 e. The lowest BCUT2D eigenvalue weighted by Gasteiger charge is -2.23. The Balaban J connectivity index is 1.36. The zero-order valence-electron chi connectivity index (χ0n) is 20.4. The molecular weight excluding hydrogens is 442 g/mol. The van der Waals surface area contributed by atoms with Crippen molar-refractivity contribution in [1.82, 2.24) is 4.90 Å². The number of ketones is 1. The van der Waals surface area contributed by atoms with Crippen molar-refractivity contribution in [2.24, 2.45) is 0 Å². The standard InChI is InChI=1S/C28H29N3O4/c1-5-31(22-12-15-24-25(18-22)28(34)30(4)27(24)33)16-17-35-23-13-8-20(9-14-23)26(32)19-6-10-21(11-7-19)29(2)3/h6-15,18H,5,16-17H2,1-4H3. The monoisotopic (exact) mass is 471 g/mol. The molecule has 0 unspecified atom stereocenters. The van der Waals surface area contributed by atoms with Crippen LogP contribution in [0.3, 0.4) is 0 Å². The predicted molar refractivity (Wildman–Crippen MR) is 137 cm³/mol. The first-order valence-corrected chi connectivity index (χ1v) is 11.6. The van der Waals surface area contributed by atoms with E-state index in [-0.39, 0.29) is 17.6 Å². The van der Waals surface area contributed by atoms with Gasteiger partial charge in [-0.3, -0.25) is 19.3 Å². The van der Waals surface area contributed by atoms with E-state index < -0.39 is 0 Å². The van der Waals surface area contributed by atoms with Crippen LogP contribution >= 0.6 is 0 Å². The van der Waals surface area contributed by atoms with Gasteiger partial charge in [0.1, 0.15) is 12.4 Å². The van der Waals surface area contributed by atoms with Gasteiger partial charge in [0.15, 0.2) is 5.78 Å². The van der Waals surface area contributed by atoms with E-state index in [1.165, 1.54) is 7.05 Å². The van der Waals surface area contributed by atoms with Crippen molar-refractivity contribution in [2.45, 2.75) is 6.92 Å². The molecule has 0 atom stereocenters. The topological polar surface area (TPSA) is 70.2 Å². The predicted octanol–water partition coefficient (Wildman–Crippen LogP) is 4.11. The van der Waals surface area contributed by atoms with Crippen LogP contribution in [0.15, 0.2) is 66.7 Å². The maximum absolute atomic E-state index is 12.8. The van der Waals surface area contributed by atoms with Crippen molar-refractivity contribution in [1.29, 1.82) is 0 Å². The third kappa shape index (κ3) is 4.89. The molecule has 0 saturated carbocycles. The Morgan fingerprint density at radius 1 is 0.829 bits per heavy atom. The van der Waals surface area contributed by atoms with Gasteiger partial charge in [0, 0.05) is 50.2 Å². The molecule has 1 heterocycles. The summed E-state index contributed by atoms with van der Waals surface area (Å²) in [5.41, 5.74) is 4.03. The highest BCUT2D eigenvalue weighted by Crippen LogP contribution is 2.27. The van der Waals surface area contributed by atoms with Gasteiger partial charge >= 0.3 is 0 Å². The van der Waals surface area contributed by atoms with Crippen LogP contribution in [0, 0.1) is 0 Å². The largest absolute Gasteiger partial charge is 0.492 e. The maximum Gasteiger partial charge on any atom is 0.261 e. The molecule has 0 saturated heterocycles. The SMILES string of the molecule is CCN(CCOc1ccc(C(=O)c2ccc(N(C)C)cc2)cc1)c1ccc2c(c1)C(=O)N(C)C2=O. The summed E-state index contributed by atoms with van der Waals surface area (Å²) in [4.78, 5) is 42.4. The molecule has 2 amide bonds. The van der Waals surface area contributed by atoms with Gasteiger partial charge in [0.2, 0.25) is 0 Å². The van der Waals surface area contributed by atoms with Gasteiger partial charge in [-0.15, -0.1) is 0 Å². The van der Waals surface area contributed by atoms with Crippen LogP contribution in [-0.2, 0) is 0 Å². The van der Waals surface area contributed by atoms with E-state index in [2.05, 4.69) is 4.90 Å². The molecular formula is C28H29N3O4. The van der Waals surface area contributed by atoms with E-state index in [0.717, 1.165) is 22.8 Å². The smallest absolute Gasteiger partial charge is 0.261 e. The van der Waals surface area contributed by atoms with Crippen LogP contribution in [0.5, 0.6) is 5.75 Å². The number of hydrogen-bond donors (Lipinski definition) is 0. The van der Waals surface area contributed by atoms with Crippen LogP contribution < -0.4 is 14.5 Å². The number of hydrogen-bond acceptors (Lipinski definition) is 6. The summed E-state index contributed by atoms with van der Waals surface area (Å²) >= 11 is 0. The fraction of sp³-hybridized carbons (Fsp3) is 0.250. The van der Waals surface area contributed by atoms with Crippen molar-refractivity contribution in [2.75, 3.05) is 50.6 Å². The molecule has 35 heavy (non-hydrogen) atoms. The number of imide groups is 1. The molecule has 3 aromatic carbocycles. The van der Waals surface area contributed by atoms with Crippen molar-refractivity contribution in [3.8, 4) is 5.75 Å². The minimum atomic E-state index is -0.276. The van der Waals surface area contributed by atoms with Gasteiger partial charge in [0.25, 0.3) is 11.8 Å². The molecule has 180 valence electrons. The number of carbonyl (C=O) groups excluding carboxylic acids is 3. The lowest BCUT2D eigenvalue weighted by atomic mass is 10.0. The first-order valence-electron chi connectivity index (χ1n) is 11.6. The number of amides is 2. The number of fused-ring (bicyclic) bond motifs is 1. The van der Waals surface area contributed by atoms with E-state index >= 15 is 0 Å². The molecule has 0 bridgehead atoms. The number of rotatable bonds is 9. The van der Waals surface area contributed by atoms with E-state index in [0.29, 0.717) is 41.2 Å². The second kappa shape index (κ2) is 10.0. The van der Waals surface area contributed by atoms with Gasteiger partial charge in [-0.1, -0.05) is 0 Å². The fourth-order valence-corrected chi connectivity index (χ4v) is 4.07. The first kappa shape index (κ1) is 24.0. The summed E-state index contributed by atoms with van der Waals surface area (Å²) in [6.07, 6.45) is 0. The number of carbonyl (C=O) groups is 3. The van der Waals surface area contributed by atoms with Gasteiger partial charge in [0.05, 0.1) is 17.7 Å². The number of benzene rings is 3. The molecule has 0 aliphatic carbocycles. The molecule has 0 N–H and O–H groups in total. The fourth-order valence-electron chi connectivity index (χ4n) is 4.07. The minimum absolute atomic E-state index is 0.0331. The Bertz CT molecular complexity index is 1250. The number of likely N-dealkylation sites (N-methyl/N-ethyl adjacent to an activating group) is 1. The van der Waals surface area contributed by atoms with E-state index in [9.17, 15) is 14.4 Å². The summed E-state index contributed by atoms with van der Waals surface area (Å²) in [7, 11) is 5.42. The second-order valence-electron chi connectivity index (χ2n) is 8.62. The molecule has 0 radical (unpaired) electrons. The molecule has 1 aliphatic rings. The van der Waals surface area contributed by atoms with Crippen molar-refractivity contribution < 1.29 is 19.1 Å². The molecule has 1 aliphatic heterocycles. The number of anilines is 2. The highest BCUT2D eigenvalue weighted by molar-refractivity contribution is 6.21. The van der Waals surface area contributed by atoms with Crippen LogP contribution in [-0.4, -0.2) is 63.3 Å². The van der Waals surface area contributed by atoms with Crippen LogP contribution in [0.2, 0.25) is 0 Å². The average molecular weight is 472 g/mol. The summed E-state index contributed by atoms with van der Waals surface area (Å²) in [6, 6.07) is 20.0. The summed E-state index contributed by atoms with van der Waals surface area (Å²) < 4.78 is 5.90. The van der Waals surface area contributed by atoms with Gasteiger partial charge in [-0.2, -0.15) is 0 Å². The lowest BCUT2D eigenvalue weighted by molar-refractivity contribution is 0.0692. The third-order valence-corrected chi connectivity index (χ3v) is 6.21. The quantitative estimate of drug-likeness (QED) is 0.346. The first-order chi connectivity index (χ1) is 16.8. The highest BCUT2D eigenvalue weighted by atomic mass is 16.5. The summed E-state index contributed by atoms with van der Waals surface area (Å²) in [6.45, 7) is 3.78. The van der Waals surface area contributed by atoms with Gasteiger partial charge in [-0.05, 0) is 73.7 Å². The Morgan fingerprint density at radius 2 is 1.40 bits per heavy atom. The van der Waals surface area contributed by atoms with Crippen molar-refractivity contribution in [3.05, 3.63) is 89.0 Å². The zero-order chi connectivity index (χ0) is 25.1. The summed E-state index contributed by atoms with van der Waals surface area (Å²) in [5, 5.41) is 0. The molecule has 7 heteroatoms. The Morgan fingerprint density at radius 3 is 2.00 bits per heavy atom. The third-order valence-electron chi connectivity index (χ3n) is 6.21. The second-order valence-corrected chi connectivity index (χ2v) is 8.62. The van der Waals surface area contributed by atoms with Gasteiger partial charge in [-0.25, -0.2) is 0 Å². The maximum atomic E-state index is 12.8. The number of nitrogens with zero attached hydrogens (tertiary/aromatic N) is 3. The van der Waals surface area contributed by atoms with Crippen molar-refractivity contribution >= 4 is 29.0 Å². The normalized spacial score (nSPS) is 12.5. The number of ether oxygens (including phenoxy) is 1. The molecule has 0 spiro atoms. The Hall–Kier alpha value is -4.13. The lowest BCUT2D eigenvalue weighted by Crippen LogP contribution is -2.28. The van der Waals surface area contributed by atoms with Crippen LogP contribution in [0.4, 0.5) is 11.4 Å². The Kier molecular flexibility index (Phi) is 6.87. The average Bonchev–Trinajstić information content (AvgIpc) is 3.10. The van der Waals surface area contributed by atoms with Gasteiger partial charge < -0.3 is 14.5 Å². The van der Waals surface area contributed by atoms with E-state index in [4.69, 9.17) is 4.74 Å². The highest BCUT2D eigenvalue weighted by Gasteiger charge is 2.33. The van der Waals surface area contributed by atoms with Crippen LogP contribution in [0.25, 0.3) is 0 Å². The Labute approximate surface area is 205 Å². The van der Waals surface area contributed by atoms with Crippen LogP contribution in [0.1, 0.15) is 43.6 Å². The molecule has 4 rings (SSSR count). The van der Waals surface area contributed by atoms with E-state index in [1.54, 1.807) is 36.4 Å². The van der Waals surface area contributed by atoms with E-state index in [1.807, 2.05) is 56.3 Å². The summed E-state index contributed by atoms with van der Waals surface area (Å²) in [5.74, 6) is 0.101. The molecule has 3 aromatic rings. The zero-order valence-corrected chi connectivity index (χ0v) is 20.4. The molecule has 0 fully saturated rings. The van der Waals surface area contributed by atoms with Crippen molar-refractivity contribution in [3.63, 3.8) is 0 Å². The molecule has 0 aromatic heterocycles.